The molecule has 1 aliphatic rings. The first-order valence-corrected chi connectivity index (χ1v) is 10.1. The van der Waals surface area contributed by atoms with E-state index >= 15 is 0 Å². The molecular weight excluding hydrogens is 362 g/mol. The van der Waals surface area contributed by atoms with Crippen LogP contribution in [0, 0.1) is 5.92 Å². The van der Waals surface area contributed by atoms with E-state index in [1.54, 1.807) is 30.9 Å². The predicted molar refractivity (Wildman–Crippen MR) is 103 cm³/mol. The van der Waals surface area contributed by atoms with Gasteiger partial charge in [0.15, 0.2) is 17.3 Å². The number of ketones is 3. The zero-order valence-electron chi connectivity index (χ0n) is 15.3. The van der Waals surface area contributed by atoms with E-state index in [4.69, 9.17) is 4.74 Å². The van der Waals surface area contributed by atoms with Gasteiger partial charge in [-0.1, -0.05) is 19.1 Å². The van der Waals surface area contributed by atoms with Crippen LogP contribution in [0.4, 0.5) is 0 Å². The van der Waals surface area contributed by atoms with Crippen LogP contribution in [0.1, 0.15) is 37.7 Å². The van der Waals surface area contributed by atoms with Gasteiger partial charge in [-0.15, -0.1) is 11.8 Å². The van der Waals surface area contributed by atoms with Crippen molar-refractivity contribution >= 4 is 29.1 Å². The molecule has 140 valence electrons. The van der Waals surface area contributed by atoms with E-state index in [0.29, 0.717) is 11.6 Å². The van der Waals surface area contributed by atoms with Crippen molar-refractivity contribution in [2.45, 2.75) is 37.0 Å². The molecule has 0 saturated heterocycles. The van der Waals surface area contributed by atoms with Crippen LogP contribution < -0.4 is 4.74 Å². The number of ether oxygens (including phenoxy) is 1. The van der Waals surface area contributed by atoms with Crippen molar-refractivity contribution in [2.24, 2.45) is 5.92 Å². The average molecular weight is 383 g/mol. The zero-order chi connectivity index (χ0) is 19.4. The lowest BCUT2D eigenvalue weighted by Gasteiger charge is -2.26. The van der Waals surface area contributed by atoms with Gasteiger partial charge in [-0.05, 0) is 35.9 Å². The Hall–Kier alpha value is -2.47. The fourth-order valence-electron chi connectivity index (χ4n) is 3.27. The van der Waals surface area contributed by atoms with Gasteiger partial charge < -0.3 is 4.74 Å². The number of aromatic nitrogens is 1. The Labute approximate surface area is 162 Å². The summed E-state index contributed by atoms with van der Waals surface area (Å²) in [6.07, 6.45) is 4.33. The maximum Gasteiger partial charge on any atom is 0.219 e. The smallest absolute Gasteiger partial charge is 0.219 e. The number of thioether (sulfide) groups is 1. The number of hydrogen-bond acceptors (Lipinski definition) is 6. The molecule has 0 aliphatic heterocycles. The van der Waals surface area contributed by atoms with Crippen LogP contribution in [0.5, 0.6) is 11.6 Å². The van der Waals surface area contributed by atoms with Gasteiger partial charge in [0.2, 0.25) is 5.88 Å². The Morgan fingerprint density at radius 3 is 2.52 bits per heavy atom. The zero-order valence-corrected chi connectivity index (χ0v) is 16.1. The van der Waals surface area contributed by atoms with Crippen LogP contribution in [0.2, 0.25) is 0 Å². The average Bonchev–Trinajstić information content (AvgIpc) is 2.68. The third-order valence-electron chi connectivity index (χ3n) is 4.71. The van der Waals surface area contributed by atoms with Crippen LogP contribution in [0.25, 0.3) is 0 Å². The highest BCUT2D eigenvalue weighted by molar-refractivity contribution is 7.98. The van der Waals surface area contributed by atoms with E-state index < -0.39 is 5.92 Å². The SMILES string of the molecule is CCC(=O)C1C(=O)CC(c2cccc(Oc3ccc(SC)cn3)c2)CC1=O. The van der Waals surface area contributed by atoms with E-state index in [-0.39, 0.29) is 42.5 Å². The summed E-state index contributed by atoms with van der Waals surface area (Å²) >= 11 is 1.60. The Balaban J connectivity index is 1.74. The summed E-state index contributed by atoms with van der Waals surface area (Å²) in [6, 6.07) is 11.1. The monoisotopic (exact) mass is 383 g/mol. The van der Waals surface area contributed by atoms with Crippen molar-refractivity contribution in [3.63, 3.8) is 0 Å². The van der Waals surface area contributed by atoms with Crippen LogP contribution in [-0.2, 0) is 14.4 Å². The summed E-state index contributed by atoms with van der Waals surface area (Å²) < 4.78 is 5.80. The number of rotatable bonds is 6. The fraction of sp³-hybridized carbons (Fsp3) is 0.333. The van der Waals surface area contributed by atoms with E-state index in [1.807, 2.05) is 36.6 Å². The standard InChI is InChI=1S/C21H21NO4S/c1-3-17(23)21-18(24)10-14(11-19(21)25)13-5-4-6-15(9-13)26-20-8-7-16(27-2)12-22-20/h4-9,12,14,21H,3,10-11H2,1-2H3. The van der Waals surface area contributed by atoms with E-state index in [0.717, 1.165) is 10.5 Å². The van der Waals surface area contributed by atoms with Crippen LogP contribution in [0.3, 0.4) is 0 Å². The molecule has 1 aliphatic carbocycles. The van der Waals surface area contributed by atoms with Gasteiger partial charge in [0.1, 0.15) is 11.7 Å². The molecule has 0 bridgehead atoms. The Bertz CT molecular complexity index is 845. The largest absolute Gasteiger partial charge is 0.439 e. The Morgan fingerprint density at radius 2 is 1.93 bits per heavy atom. The lowest BCUT2D eigenvalue weighted by Crippen LogP contribution is -2.37. The van der Waals surface area contributed by atoms with Gasteiger partial charge in [0.05, 0.1) is 0 Å². The molecule has 3 rings (SSSR count). The highest BCUT2D eigenvalue weighted by Gasteiger charge is 2.39. The van der Waals surface area contributed by atoms with Gasteiger partial charge >= 0.3 is 0 Å². The van der Waals surface area contributed by atoms with Gasteiger partial charge in [0, 0.05) is 36.4 Å². The second kappa shape index (κ2) is 8.48. The quantitative estimate of drug-likeness (QED) is 0.550. The van der Waals surface area contributed by atoms with Gasteiger partial charge in [-0.25, -0.2) is 4.98 Å². The number of carbonyl (C=O) groups excluding carboxylic acids is 3. The summed E-state index contributed by atoms with van der Waals surface area (Å²) in [7, 11) is 0. The molecule has 0 amide bonds. The normalized spacial score (nSPS) is 19.8. The number of pyridine rings is 1. The van der Waals surface area contributed by atoms with Crippen molar-refractivity contribution < 1.29 is 19.1 Å². The molecule has 1 heterocycles. The van der Waals surface area contributed by atoms with Crippen molar-refractivity contribution in [3.05, 3.63) is 48.2 Å². The maximum atomic E-state index is 12.3. The van der Waals surface area contributed by atoms with Crippen molar-refractivity contribution in [2.75, 3.05) is 6.26 Å². The first-order valence-electron chi connectivity index (χ1n) is 8.87. The molecule has 1 saturated carbocycles. The lowest BCUT2D eigenvalue weighted by atomic mass is 9.75. The second-order valence-corrected chi connectivity index (χ2v) is 7.38. The first kappa shape index (κ1) is 19.3. The van der Waals surface area contributed by atoms with Crippen LogP contribution in [-0.4, -0.2) is 28.6 Å². The minimum absolute atomic E-state index is 0.201. The van der Waals surface area contributed by atoms with Gasteiger partial charge in [-0.3, -0.25) is 14.4 Å². The highest BCUT2D eigenvalue weighted by Crippen LogP contribution is 2.34. The van der Waals surface area contributed by atoms with Crippen molar-refractivity contribution in [1.82, 2.24) is 4.98 Å². The molecule has 5 nitrogen and oxygen atoms in total. The molecule has 0 spiro atoms. The minimum Gasteiger partial charge on any atom is -0.439 e. The van der Waals surface area contributed by atoms with Gasteiger partial charge in [0.25, 0.3) is 0 Å². The number of Topliss-reactive ketones (excluding diaryl/α,β-unsaturated/α-hetero) is 3. The van der Waals surface area contributed by atoms with Crippen molar-refractivity contribution in [1.29, 1.82) is 0 Å². The summed E-state index contributed by atoms with van der Waals surface area (Å²) in [5, 5.41) is 0. The molecule has 1 aromatic heterocycles. The molecule has 0 unspecified atom stereocenters. The number of benzene rings is 1. The Kier molecular flexibility index (Phi) is 6.06. The number of carbonyl (C=O) groups is 3. The first-order chi connectivity index (χ1) is 13.0. The van der Waals surface area contributed by atoms with Crippen LogP contribution in [0.15, 0.2) is 47.5 Å². The molecule has 0 radical (unpaired) electrons. The molecule has 1 aromatic carbocycles. The molecule has 6 heteroatoms. The topological polar surface area (TPSA) is 73.3 Å². The summed E-state index contributed by atoms with van der Waals surface area (Å²) in [4.78, 5) is 41.9. The molecule has 27 heavy (non-hydrogen) atoms. The van der Waals surface area contributed by atoms with Crippen LogP contribution >= 0.6 is 11.8 Å². The molecular formula is C21H21NO4S. The second-order valence-electron chi connectivity index (χ2n) is 6.50. The third kappa shape index (κ3) is 4.45. The minimum atomic E-state index is -1.06. The lowest BCUT2D eigenvalue weighted by molar-refractivity contribution is -0.142. The molecule has 0 N–H and O–H groups in total. The molecule has 2 aromatic rings. The molecule has 1 fully saturated rings. The van der Waals surface area contributed by atoms with Gasteiger partial charge in [-0.2, -0.15) is 0 Å². The highest BCUT2D eigenvalue weighted by atomic mass is 32.2. The van der Waals surface area contributed by atoms with E-state index in [9.17, 15) is 14.4 Å². The summed E-state index contributed by atoms with van der Waals surface area (Å²) in [6.45, 7) is 1.68. The Morgan fingerprint density at radius 1 is 1.19 bits per heavy atom. The predicted octanol–water partition coefficient (Wildman–Crippen LogP) is 4.21. The third-order valence-corrected chi connectivity index (χ3v) is 5.42. The number of nitrogens with zero attached hydrogens (tertiary/aromatic N) is 1. The fourth-order valence-corrected chi connectivity index (χ4v) is 3.63. The molecule has 0 atom stereocenters. The van der Waals surface area contributed by atoms with E-state index in [2.05, 4.69) is 4.98 Å². The van der Waals surface area contributed by atoms with Crippen molar-refractivity contribution in [3.8, 4) is 11.6 Å². The number of hydrogen-bond donors (Lipinski definition) is 0. The summed E-state index contributed by atoms with van der Waals surface area (Å²) in [5.74, 6) is -1.03. The maximum absolute atomic E-state index is 12.3. The summed E-state index contributed by atoms with van der Waals surface area (Å²) in [5.41, 5.74) is 0.859. The van der Waals surface area contributed by atoms with E-state index in [1.165, 1.54) is 0 Å².